The van der Waals surface area contributed by atoms with Gasteiger partial charge in [0, 0.05) is 6.04 Å². The standard InChI is InChI=1S/C18H19ClFN/c1-21-17(10-13-8-5-9-16(20)18(13)19)15-11-14(15)12-6-3-2-4-7-12/h2-9,14-15,17,21H,10-11H2,1H3. The fraction of sp³-hybridized carbons (Fsp3) is 0.333. The minimum absolute atomic E-state index is 0.259. The maximum absolute atomic E-state index is 13.5. The van der Waals surface area contributed by atoms with Crippen molar-refractivity contribution < 1.29 is 4.39 Å². The number of rotatable bonds is 5. The number of likely N-dealkylation sites (N-methyl/N-ethyl adjacent to an activating group) is 1. The van der Waals surface area contributed by atoms with Crippen molar-refractivity contribution in [1.29, 1.82) is 0 Å². The molecule has 0 radical (unpaired) electrons. The fourth-order valence-electron chi connectivity index (χ4n) is 3.15. The van der Waals surface area contributed by atoms with Gasteiger partial charge in [0.1, 0.15) is 5.82 Å². The highest BCUT2D eigenvalue weighted by molar-refractivity contribution is 6.31. The molecule has 3 rings (SSSR count). The summed E-state index contributed by atoms with van der Waals surface area (Å²) in [5.74, 6) is 0.868. The van der Waals surface area contributed by atoms with Crippen molar-refractivity contribution in [2.75, 3.05) is 7.05 Å². The van der Waals surface area contributed by atoms with Gasteiger partial charge in [0.2, 0.25) is 0 Å². The summed E-state index contributed by atoms with van der Waals surface area (Å²) in [6.45, 7) is 0. The van der Waals surface area contributed by atoms with Gasteiger partial charge in [0.05, 0.1) is 5.02 Å². The van der Waals surface area contributed by atoms with E-state index in [0.717, 1.165) is 12.0 Å². The molecule has 0 aromatic heterocycles. The first-order chi connectivity index (χ1) is 10.2. The lowest BCUT2D eigenvalue weighted by atomic mass is 9.99. The van der Waals surface area contributed by atoms with Crippen LogP contribution in [-0.4, -0.2) is 13.1 Å². The third-order valence-electron chi connectivity index (χ3n) is 4.43. The highest BCUT2D eigenvalue weighted by atomic mass is 35.5. The van der Waals surface area contributed by atoms with Crippen LogP contribution in [0.4, 0.5) is 4.39 Å². The molecule has 2 aromatic carbocycles. The highest BCUT2D eigenvalue weighted by Gasteiger charge is 2.43. The van der Waals surface area contributed by atoms with Crippen LogP contribution in [0.1, 0.15) is 23.5 Å². The molecule has 0 heterocycles. The minimum atomic E-state index is -0.334. The summed E-state index contributed by atoms with van der Waals surface area (Å²) in [6.07, 6.45) is 1.95. The van der Waals surface area contributed by atoms with Gasteiger partial charge in [-0.1, -0.05) is 54.1 Å². The molecule has 3 unspecified atom stereocenters. The molecule has 0 saturated heterocycles. The Bertz CT molecular complexity index is 614. The van der Waals surface area contributed by atoms with E-state index in [1.165, 1.54) is 18.1 Å². The lowest BCUT2D eigenvalue weighted by Crippen LogP contribution is -2.30. The van der Waals surface area contributed by atoms with Crippen LogP contribution in [0.25, 0.3) is 0 Å². The zero-order chi connectivity index (χ0) is 14.8. The molecular weight excluding hydrogens is 285 g/mol. The molecule has 1 aliphatic carbocycles. The molecule has 1 aliphatic rings. The molecule has 3 atom stereocenters. The van der Waals surface area contributed by atoms with Crippen molar-refractivity contribution in [2.24, 2.45) is 5.92 Å². The van der Waals surface area contributed by atoms with Crippen LogP contribution in [0.2, 0.25) is 5.02 Å². The number of halogens is 2. The van der Waals surface area contributed by atoms with E-state index < -0.39 is 0 Å². The molecule has 0 aliphatic heterocycles. The number of nitrogens with one attached hydrogen (secondary N) is 1. The Morgan fingerprint density at radius 2 is 1.95 bits per heavy atom. The lowest BCUT2D eigenvalue weighted by Gasteiger charge is -2.17. The van der Waals surface area contributed by atoms with Crippen LogP contribution in [0.15, 0.2) is 48.5 Å². The predicted octanol–water partition coefficient (Wildman–Crippen LogP) is 4.41. The van der Waals surface area contributed by atoms with Gasteiger partial charge in [0.15, 0.2) is 0 Å². The Labute approximate surface area is 130 Å². The average molecular weight is 304 g/mol. The van der Waals surface area contributed by atoms with Gasteiger partial charge >= 0.3 is 0 Å². The Morgan fingerprint density at radius 1 is 1.19 bits per heavy atom. The first-order valence-electron chi connectivity index (χ1n) is 7.35. The van der Waals surface area contributed by atoms with E-state index in [1.54, 1.807) is 6.07 Å². The van der Waals surface area contributed by atoms with Crippen LogP contribution < -0.4 is 5.32 Å². The molecule has 1 fully saturated rings. The summed E-state index contributed by atoms with van der Waals surface area (Å²) in [6, 6.07) is 16.0. The summed E-state index contributed by atoms with van der Waals surface area (Å²) in [5.41, 5.74) is 2.28. The van der Waals surface area contributed by atoms with Crippen molar-refractivity contribution in [3.8, 4) is 0 Å². The Kier molecular flexibility index (Phi) is 4.27. The molecule has 21 heavy (non-hydrogen) atoms. The molecule has 3 heteroatoms. The summed E-state index contributed by atoms with van der Waals surface area (Å²) in [4.78, 5) is 0. The zero-order valence-electron chi connectivity index (χ0n) is 12.0. The summed E-state index contributed by atoms with van der Waals surface area (Å²) in [5, 5.41) is 3.64. The Morgan fingerprint density at radius 3 is 2.67 bits per heavy atom. The minimum Gasteiger partial charge on any atom is -0.316 e. The molecule has 1 saturated carbocycles. The quantitative estimate of drug-likeness (QED) is 0.862. The van der Waals surface area contributed by atoms with Gasteiger partial charge in [-0.2, -0.15) is 0 Å². The molecular formula is C18H19ClFN. The molecule has 2 aromatic rings. The number of hydrogen-bond acceptors (Lipinski definition) is 1. The van der Waals surface area contributed by atoms with Gasteiger partial charge in [-0.25, -0.2) is 4.39 Å². The van der Waals surface area contributed by atoms with Crippen LogP contribution in [0, 0.1) is 11.7 Å². The first-order valence-corrected chi connectivity index (χ1v) is 7.73. The molecule has 0 bridgehead atoms. The van der Waals surface area contributed by atoms with E-state index in [2.05, 4.69) is 29.6 Å². The molecule has 0 spiro atoms. The topological polar surface area (TPSA) is 12.0 Å². The highest BCUT2D eigenvalue weighted by Crippen LogP contribution is 2.50. The van der Waals surface area contributed by atoms with Crippen molar-refractivity contribution >= 4 is 11.6 Å². The molecule has 0 amide bonds. The van der Waals surface area contributed by atoms with Crippen molar-refractivity contribution in [2.45, 2.75) is 24.8 Å². The second-order valence-corrected chi connectivity index (χ2v) is 6.11. The fourth-order valence-corrected chi connectivity index (χ4v) is 3.36. The summed E-state index contributed by atoms with van der Waals surface area (Å²) < 4.78 is 13.5. The molecule has 1 N–H and O–H groups in total. The zero-order valence-corrected chi connectivity index (χ0v) is 12.8. The van der Waals surface area contributed by atoms with Gasteiger partial charge in [0.25, 0.3) is 0 Å². The second kappa shape index (κ2) is 6.17. The van der Waals surface area contributed by atoms with Crippen molar-refractivity contribution in [3.05, 3.63) is 70.5 Å². The third-order valence-corrected chi connectivity index (χ3v) is 4.85. The van der Waals surface area contributed by atoms with Crippen molar-refractivity contribution in [3.63, 3.8) is 0 Å². The van der Waals surface area contributed by atoms with E-state index in [9.17, 15) is 4.39 Å². The summed E-state index contributed by atoms with van der Waals surface area (Å²) in [7, 11) is 1.97. The van der Waals surface area contributed by atoms with Crippen molar-refractivity contribution in [1.82, 2.24) is 5.32 Å². The summed E-state index contributed by atoms with van der Waals surface area (Å²) >= 11 is 6.07. The smallest absolute Gasteiger partial charge is 0.142 e. The van der Waals surface area contributed by atoms with E-state index in [0.29, 0.717) is 17.9 Å². The van der Waals surface area contributed by atoms with Gasteiger partial charge in [-0.15, -0.1) is 0 Å². The van der Waals surface area contributed by atoms with Crippen LogP contribution >= 0.6 is 11.6 Å². The van der Waals surface area contributed by atoms with Gasteiger partial charge in [-0.3, -0.25) is 0 Å². The SMILES string of the molecule is CNC(Cc1cccc(F)c1Cl)C1CC1c1ccccc1. The maximum atomic E-state index is 13.5. The predicted molar refractivity (Wildman–Crippen MR) is 85.3 cm³/mol. The number of benzene rings is 2. The molecule has 1 nitrogen and oxygen atoms in total. The largest absolute Gasteiger partial charge is 0.316 e. The first kappa shape index (κ1) is 14.6. The molecule has 110 valence electrons. The Balaban J connectivity index is 1.71. The van der Waals surface area contributed by atoms with E-state index >= 15 is 0 Å². The number of hydrogen-bond donors (Lipinski definition) is 1. The van der Waals surface area contributed by atoms with Crippen LogP contribution in [-0.2, 0) is 6.42 Å². The Hall–Kier alpha value is -1.38. The van der Waals surface area contributed by atoms with Crippen LogP contribution in [0.5, 0.6) is 0 Å². The van der Waals surface area contributed by atoms with Crippen LogP contribution in [0.3, 0.4) is 0 Å². The van der Waals surface area contributed by atoms with Gasteiger partial charge < -0.3 is 5.32 Å². The second-order valence-electron chi connectivity index (χ2n) is 5.73. The van der Waals surface area contributed by atoms with Gasteiger partial charge in [-0.05, 0) is 48.9 Å². The maximum Gasteiger partial charge on any atom is 0.142 e. The van der Waals surface area contributed by atoms with E-state index in [4.69, 9.17) is 11.6 Å². The lowest BCUT2D eigenvalue weighted by molar-refractivity contribution is 0.490. The van der Waals surface area contributed by atoms with E-state index in [-0.39, 0.29) is 10.8 Å². The normalized spacial score (nSPS) is 22.0. The average Bonchev–Trinajstić information content (AvgIpc) is 3.30. The monoisotopic (exact) mass is 303 g/mol. The van der Waals surface area contributed by atoms with E-state index in [1.807, 2.05) is 19.2 Å². The third kappa shape index (κ3) is 3.12.